The van der Waals surface area contributed by atoms with Gasteiger partial charge in [-0.05, 0) is 41.8 Å². The van der Waals surface area contributed by atoms with Gasteiger partial charge in [0, 0.05) is 10.0 Å². The zero-order chi connectivity index (χ0) is 12.3. The van der Waals surface area contributed by atoms with Crippen LogP contribution in [0.3, 0.4) is 0 Å². The van der Waals surface area contributed by atoms with Crippen LogP contribution in [-0.2, 0) is 6.42 Å². The maximum absolute atomic E-state index is 6.13. The fourth-order valence-electron chi connectivity index (χ4n) is 1.68. The van der Waals surface area contributed by atoms with E-state index in [0.717, 1.165) is 11.1 Å². The third-order valence-electron chi connectivity index (χ3n) is 2.55. The van der Waals surface area contributed by atoms with E-state index < -0.39 is 0 Å². The minimum absolute atomic E-state index is 0.0983. The van der Waals surface area contributed by atoms with E-state index in [-0.39, 0.29) is 6.04 Å². The van der Waals surface area contributed by atoms with E-state index in [9.17, 15) is 0 Å². The van der Waals surface area contributed by atoms with Crippen molar-refractivity contribution in [3.63, 3.8) is 0 Å². The van der Waals surface area contributed by atoms with Crippen LogP contribution in [-0.4, -0.2) is 0 Å². The number of benzene rings is 1. The van der Waals surface area contributed by atoms with Gasteiger partial charge in [0.05, 0.1) is 18.6 Å². The van der Waals surface area contributed by atoms with E-state index in [2.05, 4.69) is 5.43 Å². The normalized spacial score (nSPS) is 12.6. The van der Waals surface area contributed by atoms with Gasteiger partial charge in [0.25, 0.3) is 0 Å². The highest BCUT2D eigenvalue weighted by Gasteiger charge is 2.15. The van der Waals surface area contributed by atoms with Crippen molar-refractivity contribution in [2.24, 2.45) is 5.84 Å². The SMILES string of the molecule is NNC(Cc1ccoc1)c1cc(Cl)ccc1Cl. The molecule has 1 atom stereocenters. The molecular weight excluding hydrogens is 259 g/mol. The Morgan fingerprint density at radius 2 is 2.12 bits per heavy atom. The Morgan fingerprint density at radius 3 is 2.76 bits per heavy atom. The van der Waals surface area contributed by atoms with Crippen LogP contribution < -0.4 is 11.3 Å². The highest BCUT2D eigenvalue weighted by Crippen LogP contribution is 2.28. The first kappa shape index (κ1) is 12.5. The number of hydrogen-bond acceptors (Lipinski definition) is 3. The molecule has 0 aliphatic carbocycles. The summed E-state index contributed by atoms with van der Waals surface area (Å²) in [5, 5.41) is 1.28. The number of rotatable bonds is 4. The lowest BCUT2D eigenvalue weighted by Gasteiger charge is -2.17. The molecule has 90 valence electrons. The highest BCUT2D eigenvalue weighted by atomic mass is 35.5. The van der Waals surface area contributed by atoms with Gasteiger partial charge in [-0.1, -0.05) is 23.2 Å². The van der Waals surface area contributed by atoms with Crippen LogP contribution in [0.1, 0.15) is 17.2 Å². The van der Waals surface area contributed by atoms with E-state index in [1.807, 2.05) is 12.1 Å². The zero-order valence-electron chi connectivity index (χ0n) is 8.99. The van der Waals surface area contributed by atoms with Crippen molar-refractivity contribution >= 4 is 23.2 Å². The first-order valence-electron chi connectivity index (χ1n) is 5.13. The van der Waals surface area contributed by atoms with E-state index in [4.69, 9.17) is 33.5 Å². The molecule has 2 aromatic rings. The molecule has 1 heterocycles. The second-order valence-electron chi connectivity index (χ2n) is 3.72. The first-order chi connectivity index (χ1) is 8.20. The van der Waals surface area contributed by atoms with Crippen molar-refractivity contribution in [1.82, 2.24) is 5.43 Å². The molecule has 0 amide bonds. The van der Waals surface area contributed by atoms with E-state index in [1.165, 1.54) is 0 Å². The average molecular weight is 271 g/mol. The Labute approximate surface area is 109 Å². The van der Waals surface area contributed by atoms with Crippen molar-refractivity contribution in [2.75, 3.05) is 0 Å². The van der Waals surface area contributed by atoms with Gasteiger partial charge in [-0.3, -0.25) is 11.3 Å². The third-order valence-corrected chi connectivity index (χ3v) is 3.13. The summed E-state index contributed by atoms with van der Waals surface area (Å²) in [5.74, 6) is 5.56. The Hall–Kier alpha value is -1.000. The molecule has 3 N–H and O–H groups in total. The van der Waals surface area contributed by atoms with Gasteiger partial charge >= 0.3 is 0 Å². The fourth-order valence-corrected chi connectivity index (χ4v) is 2.11. The van der Waals surface area contributed by atoms with E-state index >= 15 is 0 Å². The molecule has 1 unspecified atom stereocenters. The molecule has 3 nitrogen and oxygen atoms in total. The first-order valence-corrected chi connectivity index (χ1v) is 5.88. The van der Waals surface area contributed by atoms with Crippen LogP contribution in [0.2, 0.25) is 10.0 Å². The molecule has 0 fully saturated rings. The molecule has 0 saturated carbocycles. The van der Waals surface area contributed by atoms with Gasteiger partial charge < -0.3 is 4.42 Å². The standard InChI is InChI=1S/C12H12Cl2N2O/c13-9-1-2-11(14)10(6-9)12(16-15)5-8-3-4-17-7-8/h1-4,6-7,12,16H,5,15H2. The molecule has 17 heavy (non-hydrogen) atoms. The van der Waals surface area contributed by atoms with Gasteiger partial charge in [0.15, 0.2) is 0 Å². The number of halogens is 2. The van der Waals surface area contributed by atoms with Crippen molar-refractivity contribution in [1.29, 1.82) is 0 Å². The summed E-state index contributed by atoms with van der Waals surface area (Å²) < 4.78 is 5.02. The second kappa shape index (κ2) is 5.56. The number of hydrazine groups is 1. The Kier molecular flexibility index (Phi) is 4.07. The minimum atomic E-state index is -0.0983. The second-order valence-corrected chi connectivity index (χ2v) is 4.56. The number of hydrogen-bond donors (Lipinski definition) is 2. The molecule has 1 aromatic heterocycles. The summed E-state index contributed by atoms with van der Waals surface area (Å²) in [7, 11) is 0. The maximum Gasteiger partial charge on any atom is 0.0935 e. The van der Waals surface area contributed by atoms with Crippen molar-refractivity contribution in [2.45, 2.75) is 12.5 Å². The molecule has 1 aromatic carbocycles. The van der Waals surface area contributed by atoms with Gasteiger partial charge in [0.2, 0.25) is 0 Å². The van der Waals surface area contributed by atoms with Crippen LogP contribution >= 0.6 is 23.2 Å². The van der Waals surface area contributed by atoms with Gasteiger partial charge in [-0.2, -0.15) is 0 Å². The lowest BCUT2D eigenvalue weighted by molar-refractivity contribution is 0.536. The monoisotopic (exact) mass is 270 g/mol. The predicted molar refractivity (Wildman–Crippen MR) is 68.9 cm³/mol. The largest absolute Gasteiger partial charge is 0.472 e. The zero-order valence-corrected chi connectivity index (χ0v) is 10.5. The van der Waals surface area contributed by atoms with Gasteiger partial charge in [-0.25, -0.2) is 0 Å². The third kappa shape index (κ3) is 3.01. The van der Waals surface area contributed by atoms with Crippen molar-refractivity contribution < 1.29 is 4.42 Å². The Morgan fingerprint density at radius 1 is 1.29 bits per heavy atom. The van der Waals surface area contributed by atoms with Crippen molar-refractivity contribution in [3.8, 4) is 0 Å². The molecular formula is C12H12Cl2N2O. The Balaban J connectivity index is 2.25. The molecule has 0 radical (unpaired) electrons. The van der Waals surface area contributed by atoms with E-state index in [0.29, 0.717) is 16.5 Å². The van der Waals surface area contributed by atoms with Crippen LogP contribution in [0.4, 0.5) is 0 Å². The summed E-state index contributed by atoms with van der Waals surface area (Å²) in [6, 6.07) is 7.12. The number of furan rings is 1. The summed E-state index contributed by atoms with van der Waals surface area (Å²) >= 11 is 12.1. The topological polar surface area (TPSA) is 51.2 Å². The van der Waals surface area contributed by atoms with Crippen LogP contribution in [0, 0.1) is 0 Å². The molecule has 0 aliphatic rings. The van der Waals surface area contributed by atoms with Crippen LogP contribution in [0.5, 0.6) is 0 Å². The van der Waals surface area contributed by atoms with Crippen LogP contribution in [0.25, 0.3) is 0 Å². The van der Waals surface area contributed by atoms with Crippen LogP contribution in [0.15, 0.2) is 41.2 Å². The average Bonchev–Trinajstić information content (AvgIpc) is 2.82. The number of nitrogens with one attached hydrogen (secondary N) is 1. The summed E-state index contributed by atoms with van der Waals surface area (Å²) in [4.78, 5) is 0. The van der Waals surface area contributed by atoms with Crippen molar-refractivity contribution in [3.05, 3.63) is 58.0 Å². The fraction of sp³-hybridized carbons (Fsp3) is 0.167. The Bertz CT molecular complexity index is 485. The lowest BCUT2D eigenvalue weighted by atomic mass is 10.0. The molecule has 2 rings (SSSR count). The molecule has 0 bridgehead atoms. The smallest absolute Gasteiger partial charge is 0.0935 e. The summed E-state index contributed by atoms with van der Waals surface area (Å²) in [6.45, 7) is 0. The van der Waals surface area contributed by atoms with Gasteiger partial charge in [-0.15, -0.1) is 0 Å². The lowest BCUT2D eigenvalue weighted by Crippen LogP contribution is -2.29. The van der Waals surface area contributed by atoms with E-state index in [1.54, 1.807) is 24.7 Å². The molecule has 0 aliphatic heterocycles. The number of nitrogens with two attached hydrogens (primary N) is 1. The summed E-state index contributed by atoms with van der Waals surface area (Å²) in [5.41, 5.74) is 4.66. The highest BCUT2D eigenvalue weighted by molar-refractivity contribution is 6.33. The summed E-state index contributed by atoms with van der Waals surface area (Å²) in [6.07, 6.45) is 4.00. The molecule has 0 saturated heterocycles. The molecule has 5 heteroatoms. The maximum atomic E-state index is 6.13. The quantitative estimate of drug-likeness (QED) is 0.662. The minimum Gasteiger partial charge on any atom is -0.472 e. The molecule has 0 spiro atoms. The predicted octanol–water partition coefficient (Wildman–Crippen LogP) is 3.33. The van der Waals surface area contributed by atoms with Gasteiger partial charge in [0.1, 0.15) is 0 Å².